The number of pyridine rings is 1. The summed E-state index contributed by atoms with van der Waals surface area (Å²) >= 11 is 0. The van der Waals surface area contributed by atoms with E-state index in [0.29, 0.717) is 32.5 Å². The smallest absolute Gasteiger partial charge is 0.298 e. The number of H-pyrrole nitrogens is 1. The lowest BCUT2D eigenvalue weighted by atomic mass is 9.95. The van der Waals surface area contributed by atoms with Crippen LogP contribution in [0.5, 0.6) is 0 Å². The first-order valence-electron chi connectivity index (χ1n) is 11.9. The van der Waals surface area contributed by atoms with E-state index in [2.05, 4.69) is 32.2 Å². The molecule has 0 spiro atoms. The zero-order valence-electron chi connectivity index (χ0n) is 19.2. The molecule has 0 aromatic carbocycles. The molecule has 4 aromatic rings. The molecule has 6 heterocycles. The highest BCUT2D eigenvalue weighted by Crippen LogP contribution is 2.35. The molecule has 9 heteroatoms. The third-order valence-electron chi connectivity index (χ3n) is 7.34. The number of aromatic amines is 1. The molecule has 2 aliphatic heterocycles. The Kier molecular flexibility index (Phi) is 5.21. The maximum absolute atomic E-state index is 13.2. The van der Waals surface area contributed by atoms with E-state index in [4.69, 9.17) is 6.42 Å². The van der Waals surface area contributed by atoms with Crippen LogP contribution in [0.1, 0.15) is 30.9 Å². The van der Waals surface area contributed by atoms with Crippen molar-refractivity contribution in [2.24, 2.45) is 5.92 Å². The zero-order chi connectivity index (χ0) is 23.9. The molecular weight excluding hydrogens is 442 g/mol. The third-order valence-corrected chi connectivity index (χ3v) is 7.34. The van der Waals surface area contributed by atoms with Gasteiger partial charge in [0.15, 0.2) is 0 Å². The van der Waals surface area contributed by atoms with Gasteiger partial charge in [0.2, 0.25) is 5.91 Å². The highest BCUT2D eigenvalue weighted by Gasteiger charge is 2.34. The topological polar surface area (TPSA) is 99.5 Å². The third kappa shape index (κ3) is 3.71. The van der Waals surface area contributed by atoms with Crippen LogP contribution in [0.25, 0.3) is 27.7 Å². The number of amides is 2. The highest BCUT2D eigenvalue weighted by atomic mass is 16.2. The SMILES string of the molecule is C#CC(=O)N1CCC(C(=O)N2CCC(c3cc4c(-c5cnn6ncccc56)ccnc4[nH]3)C2)CC1. The maximum Gasteiger partial charge on any atom is 0.298 e. The Morgan fingerprint density at radius 3 is 2.69 bits per heavy atom. The Hall–Kier alpha value is -4.19. The molecule has 176 valence electrons. The molecule has 0 saturated carbocycles. The second kappa shape index (κ2) is 8.55. The number of rotatable bonds is 3. The van der Waals surface area contributed by atoms with Gasteiger partial charge in [-0.25, -0.2) is 4.98 Å². The second-order valence-electron chi connectivity index (χ2n) is 9.28. The van der Waals surface area contributed by atoms with Crippen molar-refractivity contribution >= 4 is 28.4 Å². The number of carbonyl (C=O) groups is 2. The molecule has 6 rings (SSSR count). The number of fused-ring (bicyclic) bond motifs is 2. The van der Waals surface area contributed by atoms with Gasteiger partial charge in [-0.15, -0.1) is 6.42 Å². The minimum Gasteiger partial charge on any atom is -0.343 e. The van der Waals surface area contributed by atoms with Crippen molar-refractivity contribution in [1.82, 2.24) is 34.6 Å². The lowest BCUT2D eigenvalue weighted by Gasteiger charge is -2.32. The zero-order valence-corrected chi connectivity index (χ0v) is 19.2. The second-order valence-corrected chi connectivity index (χ2v) is 9.28. The molecule has 2 aliphatic rings. The fourth-order valence-electron chi connectivity index (χ4n) is 5.44. The van der Waals surface area contributed by atoms with Gasteiger partial charge < -0.3 is 14.8 Å². The Bertz CT molecular complexity index is 1470. The molecule has 2 saturated heterocycles. The van der Waals surface area contributed by atoms with Crippen LogP contribution in [-0.2, 0) is 9.59 Å². The number of aromatic nitrogens is 5. The van der Waals surface area contributed by atoms with Crippen molar-refractivity contribution in [2.75, 3.05) is 26.2 Å². The van der Waals surface area contributed by atoms with Crippen molar-refractivity contribution in [3.05, 3.63) is 48.5 Å². The van der Waals surface area contributed by atoms with Gasteiger partial charge in [0.25, 0.3) is 5.91 Å². The number of hydrogen-bond donors (Lipinski definition) is 1. The number of nitrogens with zero attached hydrogens (tertiary/aromatic N) is 6. The molecule has 0 aliphatic carbocycles. The van der Waals surface area contributed by atoms with Gasteiger partial charge in [-0.3, -0.25) is 9.59 Å². The molecule has 0 bridgehead atoms. The first-order valence-corrected chi connectivity index (χ1v) is 11.9. The van der Waals surface area contributed by atoms with E-state index in [1.807, 2.05) is 29.3 Å². The lowest BCUT2D eigenvalue weighted by molar-refractivity contribution is -0.138. The largest absolute Gasteiger partial charge is 0.343 e. The van der Waals surface area contributed by atoms with Gasteiger partial charge in [-0.05, 0) is 55.0 Å². The Balaban J connectivity index is 1.20. The fourth-order valence-corrected chi connectivity index (χ4v) is 5.44. The summed E-state index contributed by atoms with van der Waals surface area (Å²) in [6, 6.07) is 8.08. The van der Waals surface area contributed by atoms with Crippen LogP contribution in [0.4, 0.5) is 0 Å². The number of carbonyl (C=O) groups excluding carboxylic acids is 2. The van der Waals surface area contributed by atoms with E-state index in [0.717, 1.165) is 46.3 Å². The molecule has 9 nitrogen and oxygen atoms in total. The van der Waals surface area contributed by atoms with Crippen LogP contribution in [0, 0.1) is 18.3 Å². The Labute approximate surface area is 202 Å². The number of likely N-dealkylation sites (tertiary alicyclic amines) is 2. The first kappa shape index (κ1) is 21.4. The molecule has 0 radical (unpaired) electrons. The van der Waals surface area contributed by atoms with Crippen LogP contribution in [0.15, 0.2) is 42.9 Å². The Morgan fingerprint density at radius 2 is 1.86 bits per heavy atom. The van der Waals surface area contributed by atoms with Crippen molar-refractivity contribution in [3.8, 4) is 23.5 Å². The van der Waals surface area contributed by atoms with Gasteiger partial charge in [0.05, 0.1) is 11.7 Å². The molecule has 1 atom stereocenters. The predicted molar refractivity (Wildman–Crippen MR) is 130 cm³/mol. The van der Waals surface area contributed by atoms with Gasteiger partial charge in [0, 0.05) is 67.1 Å². The number of nitrogens with one attached hydrogen (secondary N) is 1. The van der Waals surface area contributed by atoms with Crippen molar-refractivity contribution in [1.29, 1.82) is 0 Å². The van der Waals surface area contributed by atoms with Gasteiger partial charge in [0.1, 0.15) is 5.65 Å². The summed E-state index contributed by atoms with van der Waals surface area (Å²) in [5, 5.41) is 9.69. The molecule has 2 fully saturated rings. The first-order chi connectivity index (χ1) is 17.1. The van der Waals surface area contributed by atoms with Crippen LogP contribution in [0.2, 0.25) is 0 Å². The predicted octanol–water partition coefficient (Wildman–Crippen LogP) is 2.46. The summed E-state index contributed by atoms with van der Waals surface area (Å²) in [6.07, 6.45) is 12.8. The van der Waals surface area contributed by atoms with E-state index in [1.54, 1.807) is 21.9 Å². The molecule has 35 heavy (non-hydrogen) atoms. The summed E-state index contributed by atoms with van der Waals surface area (Å²) < 4.78 is 1.63. The normalized spacial score (nSPS) is 18.9. The molecule has 2 amide bonds. The van der Waals surface area contributed by atoms with Crippen LogP contribution >= 0.6 is 0 Å². The maximum atomic E-state index is 13.2. The average molecular weight is 468 g/mol. The van der Waals surface area contributed by atoms with Crippen LogP contribution < -0.4 is 0 Å². The van der Waals surface area contributed by atoms with E-state index in [-0.39, 0.29) is 23.7 Å². The minimum absolute atomic E-state index is 0.0456. The summed E-state index contributed by atoms with van der Waals surface area (Å²) in [7, 11) is 0. The van der Waals surface area contributed by atoms with Gasteiger partial charge in [-0.2, -0.15) is 14.8 Å². The van der Waals surface area contributed by atoms with E-state index < -0.39 is 0 Å². The Morgan fingerprint density at radius 1 is 1.03 bits per heavy atom. The lowest BCUT2D eigenvalue weighted by Crippen LogP contribution is -2.43. The summed E-state index contributed by atoms with van der Waals surface area (Å²) in [5.41, 5.74) is 4.93. The van der Waals surface area contributed by atoms with Gasteiger partial charge in [-0.1, -0.05) is 0 Å². The molecular formula is C26H25N7O2. The standard InChI is InChI=1S/C26H25N7O2/c1-2-24(34)31-11-6-17(7-12-31)26(35)32-13-8-18(16-32)22-14-20-19(5-10-27-25(20)30-22)21-15-29-33-23(21)4-3-9-28-33/h1,3-5,9-10,14-15,17-18H,6-8,11-13,16H2,(H,27,30). The van der Waals surface area contributed by atoms with E-state index >= 15 is 0 Å². The van der Waals surface area contributed by atoms with Crippen LogP contribution in [0.3, 0.4) is 0 Å². The number of piperidine rings is 1. The minimum atomic E-state index is -0.288. The van der Waals surface area contributed by atoms with E-state index in [9.17, 15) is 9.59 Å². The average Bonchev–Trinajstić information content (AvgIpc) is 3.65. The monoisotopic (exact) mass is 467 g/mol. The van der Waals surface area contributed by atoms with E-state index in [1.165, 1.54) is 0 Å². The highest BCUT2D eigenvalue weighted by molar-refractivity contribution is 5.97. The summed E-state index contributed by atoms with van der Waals surface area (Å²) in [6.45, 7) is 2.52. The molecule has 1 unspecified atom stereocenters. The van der Waals surface area contributed by atoms with Gasteiger partial charge >= 0.3 is 0 Å². The van der Waals surface area contributed by atoms with Crippen molar-refractivity contribution < 1.29 is 9.59 Å². The van der Waals surface area contributed by atoms with Crippen molar-refractivity contribution in [3.63, 3.8) is 0 Å². The summed E-state index contributed by atoms with van der Waals surface area (Å²) in [4.78, 5) is 36.6. The fraction of sp³-hybridized carbons (Fsp3) is 0.346. The molecule has 1 N–H and O–H groups in total. The van der Waals surface area contributed by atoms with Crippen molar-refractivity contribution in [2.45, 2.75) is 25.2 Å². The summed E-state index contributed by atoms with van der Waals surface area (Å²) in [5.74, 6) is 2.25. The molecule has 4 aromatic heterocycles. The quantitative estimate of drug-likeness (QED) is 0.467. The number of terminal acetylenes is 1. The number of hydrogen-bond acceptors (Lipinski definition) is 5. The van der Waals surface area contributed by atoms with Crippen LogP contribution in [-0.4, -0.2) is 72.6 Å².